The maximum atomic E-state index is 12.5. The molecular formula is C22H18N4O3. The van der Waals surface area contributed by atoms with E-state index < -0.39 is 0 Å². The van der Waals surface area contributed by atoms with Crippen LogP contribution in [0.15, 0.2) is 66.9 Å². The van der Waals surface area contributed by atoms with E-state index in [1.54, 1.807) is 67.6 Å². The first-order valence-corrected chi connectivity index (χ1v) is 8.91. The molecule has 0 saturated carbocycles. The highest BCUT2D eigenvalue weighted by Gasteiger charge is 2.11. The van der Waals surface area contributed by atoms with E-state index >= 15 is 0 Å². The number of carbonyl (C=O) groups is 2. The Balaban J connectivity index is 1.72. The molecular weight excluding hydrogens is 368 g/mol. The Labute approximate surface area is 168 Å². The fourth-order valence-corrected chi connectivity index (χ4v) is 2.58. The van der Waals surface area contributed by atoms with Crippen LogP contribution in [0.25, 0.3) is 0 Å². The highest BCUT2D eigenvalue weighted by atomic mass is 16.5. The third-order valence-electron chi connectivity index (χ3n) is 3.99. The minimum atomic E-state index is -0.381. The Hall–Kier alpha value is -4.18. The van der Waals surface area contributed by atoms with Gasteiger partial charge in [0.2, 0.25) is 0 Å². The molecule has 2 aromatic carbocycles. The van der Waals surface area contributed by atoms with Gasteiger partial charge in [-0.05, 0) is 55.5 Å². The van der Waals surface area contributed by atoms with Crippen molar-refractivity contribution in [2.24, 2.45) is 0 Å². The van der Waals surface area contributed by atoms with Gasteiger partial charge in [-0.3, -0.25) is 4.79 Å². The molecule has 0 spiro atoms. The van der Waals surface area contributed by atoms with Crippen molar-refractivity contribution < 1.29 is 14.3 Å². The molecule has 0 radical (unpaired) electrons. The molecule has 1 aromatic heterocycles. The molecule has 0 bridgehead atoms. The number of nitrogens with zero attached hydrogens (tertiary/aromatic N) is 2. The van der Waals surface area contributed by atoms with Crippen LogP contribution in [0.5, 0.6) is 0 Å². The number of nitrogens with one attached hydrogen (secondary N) is 2. The lowest BCUT2D eigenvalue weighted by molar-refractivity contribution is 0.0526. The van der Waals surface area contributed by atoms with Crippen molar-refractivity contribution in [1.29, 1.82) is 5.26 Å². The van der Waals surface area contributed by atoms with Crippen LogP contribution in [0.1, 0.15) is 33.2 Å². The van der Waals surface area contributed by atoms with Crippen LogP contribution in [-0.4, -0.2) is 23.5 Å². The zero-order valence-electron chi connectivity index (χ0n) is 15.7. The predicted octanol–water partition coefficient (Wildman–Crippen LogP) is 4.13. The molecule has 0 unspecified atom stereocenters. The van der Waals surface area contributed by atoms with Crippen molar-refractivity contribution >= 4 is 29.1 Å². The van der Waals surface area contributed by atoms with E-state index in [1.807, 2.05) is 6.07 Å². The normalized spacial score (nSPS) is 9.93. The third-order valence-corrected chi connectivity index (χ3v) is 3.99. The number of anilines is 3. The monoisotopic (exact) mass is 386 g/mol. The van der Waals surface area contributed by atoms with Gasteiger partial charge in [-0.15, -0.1) is 0 Å². The van der Waals surface area contributed by atoms with Gasteiger partial charge in [-0.2, -0.15) is 5.26 Å². The van der Waals surface area contributed by atoms with Crippen LogP contribution in [0.2, 0.25) is 0 Å². The smallest absolute Gasteiger partial charge is 0.338 e. The van der Waals surface area contributed by atoms with Gasteiger partial charge < -0.3 is 15.4 Å². The van der Waals surface area contributed by atoms with E-state index in [-0.39, 0.29) is 11.9 Å². The number of pyridine rings is 1. The summed E-state index contributed by atoms with van der Waals surface area (Å²) in [5.74, 6) is -0.264. The maximum Gasteiger partial charge on any atom is 0.338 e. The summed E-state index contributed by atoms with van der Waals surface area (Å²) in [7, 11) is 0. The number of rotatable bonds is 6. The number of esters is 1. The molecule has 0 atom stereocenters. The lowest BCUT2D eigenvalue weighted by Gasteiger charge is -2.09. The minimum Gasteiger partial charge on any atom is -0.462 e. The van der Waals surface area contributed by atoms with Crippen molar-refractivity contribution in [3.8, 4) is 6.07 Å². The molecule has 1 heterocycles. The highest BCUT2D eigenvalue weighted by molar-refractivity contribution is 6.05. The molecule has 2 N–H and O–H groups in total. The first-order chi connectivity index (χ1) is 14.1. The number of hydrogen-bond acceptors (Lipinski definition) is 6. The van der Waals surface area contributed by atoms with Gasteiger partial charge in [-0.25, -0.2) is 9.78 Å². The van der Waals surface area contributed by atoms with Crippen LogP contribution in [0.3, 0.4) is 0 Å². The number of para-hydroxylation sites is 1. The molecule has 3 rings (SSSR count). The zero-order chi connectivity index (χ0) is 20.6. The van der Waals surface area contributed by atoms with Gasteiger partial charge in [0.25, 0.3) is 5.91 Å². The average Bonchev–Trinajstić information content (AvgIpc) is 2.75. The summed E-state index contributed by atoms with van der Waals surface area (Å²) in [5.41, 5.74) is 2.38. The van der Waals surface area contributed by atoms with Crippen molar-refractivity contribution in [3.05, 3.63) is 83.6 Å². The molecule has 7 heteroatoms. The van der Waals surface area contributed by atoms with E-state index in [2.05, 4.69) is 15.6 Å². The van der Waals surface area contributed by atoms with Gasteiger partial charge in [0.05, 0.1) is 23.4 Å². The fourth-order valence-electron chi connectivity index (χ4n) is 2.58. The molecule has 0 fully saturated rings. The highest BCUT2D eigenvalue weighted by Crippen LogP contribution is 2.19. The molecule has 0 saturated heterocycles. The Morgan fingerprint density at radius 3 is 2.55 bits per heavy atom. The summed E-state index contributed by atoms with van der Waals surface area (Å²) < 4.78 is 4.96. The van der Waals surface area contributed by atoms with Gasteiger partial charge in [0, 0.05) is 17.4 Å². The number of carbonyl (C=O) groups excluding carboxylic acids is 2. The molecule has 7 nitrogen and oxygen atoms in total. The first kappa shape index (κ1) is 19.6. The number of hydrogen-bond donors (Lipinski definition) is 2. The lowest BCUT2D eigenvalue weighted by Crippen LogP contribution is -2.13. The Kier molecular flexibility index (Phi) is 6.18. The molecule has 0 aliphatic carbocycles. The number of ether oxygens (including phenoxy) is 1. The van der Waals surface area contributed by atoms with Crippen LogP contribution in [0.4, 0.5) is 17.2 Å². The van der Waals surface area contributed by atoms with Crippen molar-refractivity contribution in [1.82, 2.24) is 4.98 Å². The summed E-state index contributed by atoms with van der Waals surface area (Å²) >= 11 is 0. The number of benzene rings is 2. The first-order valence-electron chi connectivity index (χ1n) is 8.91. The van der Waals surface area contributed by atoms with Crippen molar-refractivity contribution in [2.45, 2.75) is 6.92 Å². The number of aromatic nitrogens is 1. The van der Waals surface area contributed by atoms with E-state index in [9.17, 15) is 9.59 Å². The summed E-state index contributed by atoms with van der Waals surface area (Å²) in [4.78, 5) is 28.5. The summed E-state index contributed by atoms with van der Waals surface area (Å²) in [6.45, 7) is 2.07. The lowest BCUT2D eigenvalue weighted by atomic mass is 10.1. The van der Waals surface area contributed by atoms with E-state index in [0.717, 1.165) is 0 Å². The maximum absolute atomic E-state index is 12.5. The van der Waals surface area contributed by atoms with Crippen molar-refractivity contribution in [2.75, 3.05) is 17.2 Å². The largest absolute Gasteiger partial charge is 0.462 e. The summed E-state index contributed by atoms with van der Waals surface area (Å²) in [5, 5.41) is 15.0. The van der Waals surface area contributed by atoms with Gasteiger partial charge in [-0.1, -0.05) is 12.1 Å². The molecule has 0 aliphatic rings. The standard InChI is InChI=1S/C22H18N4O3/c1-2-29-22(28)15-7-9-18(10-8-15)25-20-13-16(11-12-24-20)21(27)26-19-6-4-3-5-17(19)14-23/h3-13H,2H2,1H3,(H,24,25)(H,26,27). The van der Waals surface area contributed by atoms with Crippen LogP contribution >= 0.6 is 0 Å². The minimum absolute atomic E-state index is 0.316. The van der Waals surface area contributed by atoms with Crippen LogP contribution < -0.4 is 10.6 Å². The second-order valence-corrected chi connectivity index (χ2v) is 5.96. The molecule has 1 amide bonds. The summed E-state index contributed by atoms with van der Waals surface area (Å²) in [6.07, 6.45) is 1.51. The quantitative estimate of drug-likeness (QED) is 0.618. The second-order valence-electron chi connectivity index (χ2n) is 5.96. The Morgan fingerprint density at radius 1 is 1.07 bits per heavy atom. The number of amides is 1. The third kappa shape index (κ3) is 4.96. The van der Waals surface area contributed by atoms with Crippen LogP contribution in [0, 0.1) is 11.3 Å². The second kappa shape index (κ2) is 9.15. The van der Waals surface area contributed by atoms with E-state index in [4.69, 9.17) is 10.00 Å². The summed E-state index contributed by atoms with van der Waals surface area (Å²) in [6, 6.07) is 18.8. The van der Waals surface area contributed by atoms with Crippen molar-refractivity contribution in [3.63, 3.8) is 0 Å². The number of nitriles is 1. The van der Waals surface area contributed by atoms with Gasteiger partial charge in [0.1, 0.15) is 11.9 Å². The van der Waals surface area contributed by atoms with Gasteiger partial charge in [0.15, 0.2) is 0 Å². The fraction of sp³-hybridized carbons (Fsp3) is 0.0909. The SMILES string of the molecule is CCOC(=O)c1ccc(Nc2cc(C(=O)Nc3ccccc3C#N)ccn2)cc1. The van der Waals surface area contributed by atoms with Gasteiger partial charge >= 0.3 is 5.97 Å². The van der Waals surface area contributed by atoms with E-state index in [0.29, 0.717) is 40.5 Å². The topological polar surface area (TPSA) is 104 Å². The Bertz CT molecular complexity index is 1070. The molecule has 29 heavy (non-hydrogen) atoms. The molecule has 0 aliphatic heterocycles. The molecule has 144 valence electrons. The van der Waals surface area contributed by atoms with Crippen LogP contribution in [-0.2, 0) is 4.74 Å². The Morgan fingerprint density at radius 2 is 1.83 bits per heavy atom. The van der Waals surface area contributed by atoms with E-state index in [1.165, 1.54) is 6.20 Å². The predicted molar refractivity (Wildman–Crippen MR) is 109 cm³/mol. The molecule has 3 aromatic rings. The average molecular weight is 386 g/mol. The zero-order valence-corrected chi connectivity index (χ0v) is 15.7.